The van der Waals surface area contributed by atoms with Gasteiger partial charge < -0.3 is 0 Å². The topological polar surface area (TPSA) is 83.7 Å². The van der Waals surface area contributed by atoms with Crippen LogP contribution in [0.25, 0.3) is 17.1 Å². The summed E-state index contributed by atoms with van der Waals surface area (Å²) in [4.78, 5) is 8.21. The number of fused-ring (bicyclic) bond motifs is 1. The highest BCUT2D eigenvalue weighted by Crippen LogP contribution is 2.22. The lowest BCUT2D eigenvalue weighted by molar-refractivity contribution is 0.603. The molecule has 0 N–H and O–H groups in total. The Kier molecular flexibility index (Phi) is 4.42. The fourth-order valence-corrected chi connectivity index (χ4v) is 3.49. The van der Waals surface area contributed by atoms with E-state index in [-0.39, 0.29) is 9.80 Å². The van der Waals surface area contributed by atoms with Gasteiger partial charge in [-0.15, -0.1) is 0 Å². The summed E-state index contributed by atoms with van der Waals surface area (Å²) < 4.78 is 25.9. The molecule has 0 aliphatic carbocycles. The van der Waals surface area contributed by atoms with Crippen molar-refractivity contribution < 1.29 is 8.42 Å². The van der Waals surface area contributed by atoms with Gasteiger partial charge in [0.2, 0.25) is 9.84 Å². The van der Waals surface area contributed by atoms with Crippen LogP contribution >= 0.6 is 15.9 Å². The molecule has 0 saturated carbocycles. The molecule has 0 bridgehead atoms. The van der Waals surface area contributed by atoms with E-state index >= 15 is 0 Å². The molecule has 0 radical (unpaired) electrons. The van der Waals surface area contributed by atoms with E-state index in [4.69, 9.17) is 0 Å². The molecule has 3 rings (SSSR count). The van der Waals surface area contributed by atoms with Crippen LogP contribution < -0.4 is 0 Å². The number of sulfone groups is 1. The van der Waals surface area contributed by atoms with Crippen LogP contribution in [0.1, 0.15) is 5.69 Å². The zero-order valence-electron chi connectivity index (χ0n) is 12.2. The van der Waals surface area contributed by atoms with Crippen molar-refractivity contribution in [2.75, 3.05) is 0 Å². The van der Waals surface area contributed by atoms with E-state index in [1.165, 1.54) is 24.4 Å². The fourth-order valence-electron chi connectivity index (χ4n) is 2.09. The molecule has 0 fully saturated rings. The molecular weight excluding hydrogens is 390 g/mol. The van der Waals surface area contributed by atoms with Crippen LogP contribution in [0.4, 0.5) is 0 Å². The molecule has 0 amide bonds. The predicted octanol–water partition coefficient (Wildman–Crippen LogP) is 3.73. The van der Waals surface area contributed by atoms with Gasteiger partial charge in [-0.1, -0.05) is 28.1 Å². The van der Waals surface area contributed by atoms with Crippen molar-refractivity contribution in [1.82, 2.24) is 9.97 Å². The first-order valence-corrected chi connectivity index (χ1v) is 9.12. The minimum Gasteiger partial charge on any atom is -0.252 e. The lowest BCUT2D eigenvalue weighted by atomic mass is 10.3. The van der Waals surface area contributed by atoms with Gasteiger partial charge in [-0.3, -0.25) is 4.98 Å². The van der Waals surface area contributed by atoms with Crippen molar-refractivity contribution in [3.8, 4) is 6.07 Å². The molecule has 0 atom stereocenters. The average molecular weight is 400 g/mol. The quantitative estimate of drug-likeness (QED) is 0.626. The Balaban J connectivity index is 2.07. The predicted molar refractivity (Wildman–Crippen MR) is 94.5 cm³/mol. The third-order valence-corrected chi connectivity index (χ3v) is 5.48. The Morgan fingerprint density at radius 1 is 1.08 bits per heavy atom. The maximum Gasteiger partial charge on any atom is 0.216 e. The minimum atomic E-state index is -3.91. The van der Waals surface area contributed by atoms with Crippen molar-refractivity contribution in [3.63, 3.8) is 0 Å². The molecule has 3 aromatic rings. The molecule has 118 valence electrons. The largest absolute Gasteiger partial charge is 0.252 e. The lowest BCUT2D eigenvalue weighted by Crippen LogP contribution is -2.03. The van der Waals surface area contributed by atoms with Crippen molar-refractivity contribution in [2.45, 2.75) is 4.90 Å². The maximum atomic E-state index is 12.6. The molecule has 0 aliphatic heterocycles. The summed E-state index contributed by atoms with van der Waals surface area (Å²) in [6.45, 7) is 0. The first kappa shape index (κ1) is 16.3. The average Bonchev–Trinajstić information content (AvgIpc) is 2.59. The molecule has 0 saturated heterocycles. The Bertz CT molecular complexity index is 1080. The van der Waals surface area contributed by atoms with Crippen LogP contribution in [0.3, 0.4) is 0 Å². The van der Waals surface area contributed by atoms with E-state index in [0.29, 0.717) is 16.7 Å². The minimum absolute atomic E-state index is 0.0484. The van der Waals surface area contributed by atoms with Crippen LogP contribution in [0, 0.1) is 11.3 Å². The SMILES string of the molecule is N#C/C(=C\c1cnc2ccccc2n1)S(=O)(=O)c1ccc(Br)cc1. The van der Waals surface area contributed by atoms with Crippen molar-refractivity contribution in [3.05, 3.63) is 69.8 Å². The smallest absolute Gasteiger partial charge is 0.216 e. The van der Waals surface area contributed by atoms with E-state index in [2.05, 4.69) is 25.9 Å². The molecule has 2 aromatic carbocycles. The molecule has 1 heterocycles. The zero-order chi connectivity index (χ0) is 17.2. The van der Waals surface area contributed by atoms with Crippen LogP contribution in [0.2, 0.25) is 0 Å². The highest BCUT2D eigenvalue weighted by molar-refractivity contribution is 9.10. The van der Waals surface area contributed by atoms with Gasteiger partial charge in [0, 0.05) is 4.47 Å². The van der Waals surface area contributed by atoms with Crippen LogP contribution in [-0.4, -0.2) is 18.4 Å². The van der Waals surface area contributed by atoms with Gasteiger partial charge in [0.1, 0.15) is 6.07 Å². The molecular formula is C17H10BrN3O2S. The van der Waals surface area contributed by atoms with Gasteiger partial charge >= 0.3 is 0 Å². The number of aromatic nitrogens is 2. The van der Waals surface area contributed by atoms with E-state index in [1.807, 2.05) is 12.1 Å². The number of nitrogens with zero attached hydrogens (tertiary/aromatic N) is 3. The summed E-state index contributed by atoms with van der Waals surface area (Å²) in [5.41, 5.74) is 1.64. The normalized spacial score (nSPS) is 12.1. The number of hydrogen-bond donors (Lipinski definition) is 0. The summed E-state index contributed by atoms with van der Waals surface area (Å²) in [6, 6.07) is 15.1. The van der Waals surface area contributed by atoms with Crippen LogP contribution in [-0.2, 0) is 9.84 Å². The number of rotatable bonds is 3. The van der Waals surface area contributed by atoms with E-state index in [0.717, 1.165) is 4.47 Å². The van der Waals surface area contributed by atoms with Crippen molar-refractivity contribution in [1.29, 1.82) is 5.26 Å². The second kappa shape index (κ2) is 6.51. The lowest BCUT2D eigenvalue weighted by Gasteiger charge is -2.03. The van der Waals surface area contributed by atoms with E-state index in [9.17, 15) is 13.7 Å². The monoisotopic (exact) mass is 399 g/mol. The molecule has 0 unspecified atom stereocenters. The maximum absolute atomic E-state index is 12.6. The van der Waals surface area contributed by atoms with Gasteiger partial charge in [0.25, 0.3) is 0 Å². The van der Waals surface area contributed by atoms with Gasteiger partial charge in [-0.25, -0.2) is 13.4 Å². The number of benzene rings is 2. The van der Waals surface area contributed by atoms with Crippen molar-refractivity contribution in [2.24, 2.45) is 0 Å². The molecule has 24 heavy (non-hydrogen) atoms. The van der Waals surface area contributed by atoms with E-state index in [1.54, 1.807) is 30.3 Å². The standard InChI is InChI=1S/C17H10BrN3O2S/c18-12-5-7-14(8-6-12)24(22,23)15(10-19)9-13-11-20-16-3-1-2-4-17(16)21-13/h1-9,11H/b15-9+. The summed E-state index contributed by atoms with van der Waals surface area (Å²) in [5, 5.41) is 9.30. The van der Waals surface area contributed by atoms with Gasteiger partial charge in [-0.05, 0) is 42.5 Å². The van der Waals surface area contributed by atoms with Crippen molar-refractivity contribution >= 4 is 42.9 Å². The third kappa shape index (κ3) is 3.20. The van der Waals surface area contributed by atoms with Gasteiger partial charge in [0.05, 0.1) is 27.8 Å². The molecule has 0 spiro atoms. The first-order valence-electron chi connectivity index (χ1n) is 6.85. The number of allylic oxidation sites excluding steroid dienone is 1. The number of hydrogen-bond acceptors (Lipinski definition) is 5. The second-order valence-corrected chi connectivity index (χ2v) is 7.70. The van der Waals surface area contributed by atoms with Crippen LogP contribution in [0.5, 0.6) is 0 Å². The molecule has 7 heteroatoms. The van der Waals surface area contributed by atoms with Gasteiger partial charge in [-0.2, -0.15) is 5.26 Å². The highest BCUT2D eigenvalue weighted by atomic mass is 79.9. The van der Waals surface area contributed by atoms with Gasteiger partial charge in [0.15, 0.2) is 4.91 Å². The highest BCUT2D eigenvalue weighted by Gasteiger charge is 2.21. The third-order valence-electron chi connectivity index (χ3n) is 3.27. The van der Waals surface area contributed by atoms with E-state index < -0.39 is 9.84 Å². The summed E-state index contributed by atoms with van der Waals surface area (Å²) in [7, 11) is -3.91. The molecule has 5 nitrogen and oxygen atoms in total. The summed E-state index contributed by atoms with van der Waals surface area (Å²) in [6.07, 6.45) is 2.67. The molecule has 0 aliphatic rings. The Morgan fingerprint density at radius 3 is 2.42 bits per heavy atom. The first-order chi connectivity index (χ1) is 11.5. The second-order valence-electron chi connectivity index (χ2n) is 4.86. The zero-order valence-corrected chi connectivity index (χ0v) is 14.6. The Labute approximate surface area is 147 Å². The Hall–Kier alpha value is -2.56. The number of para-hydroxylation sites is 2. The summed E-state index contributed by atoms with van der Waals surface area (Å²) >= 11 is 3.25. The fraction of sp³-hybridized carbons (Fsp3) is 0. The number of nitriles is 1. The molecule has 1 aromatic heterocycles. The number of halogens is 1. The van der Waals surface area contributed by atoms with Crippen LogP contribution in [0.15, 0.2) is 69.0 Å². The Morgan fingerprint density at radius 2 is 1.75 bits per heavy atom. The summed E-state index contributed by atoms with van der Waals surface area (Å²) in [5.74, 6) is 0.